The van der Waals surface area contributed by atoms with Crippen LogP contribution in [0.1, 0.15) is 20.3 Å². The Balaban J connectivity index is 1.90. The van der Waals surface area contributed by atoms with E-state index in [2.05, 4.69) is 4.98 Å². The zero-order valence-electron chi connectivity index (χ0n) is 12.6. The quantitative estimate of drug-likeness (QED) is 0.868. The predicted octanol–water partition coefficient (Wildman–Crippen LogP) is 1.79. The van der Waals surface area contributed by atoms with Crippen molar-refractivity contribution in [2.45, 2.75) is 32.9 Å². The molecule has 5 nitrogen and oxygen atoms in total. The van der Waals surface area contributed by atoms with Gasteiger partial charge in [0.15, 0.2) is 0 Å². The molecule has 1 unspecified atom stereocenters. The van der Waals surface area contributed by atoms with Crippen molar-refractivity contribution < 1.29 is 9.18 Å². The molecule has 0 saturated carbocycles. The Hall–Kier alpha value is -2.24. The van der Waals surface area contributed by atoms with Crippen molar-refractivity contribution in [3.8, 4) is 0 Å². The number of halogens is 1. The molecule has 1 aliphatic rings. The van der Waals surface area contributed by atoms with Gasteiger partial charge in [0, 0.05) is 31.5 Å². The van der Waals surface area contributed by atoms with Gasteiger partial charge in [-0.05, 0) is 26.0 Å². The first-order valence-electron chi connectivity index (χ1n) is 7.40. The molecule has 1 fully saturated rings. The van der Waals surface area contributed by atoms with Gasteiger partial charge in [-0.15, -0.1) is 0 Å². The SMILES string of the molecule is CC(C)N1CC(Cn2cnc3cccc(F)c3c2=O)CC1=O. The zero-order chi connectivity index (χ0) is 15.9. The second-order valence-corrected chi connectivity index (χ2v) is 6.05. The lowest BCUT2D eigenvalue weighted by Crippen LogP contribution is -2.33. The summed E-state index contributed by atoms with van der Waals surface area (Å²) < 4.78 is 15.3. The van der Waals surface area contributed by atoms with Crippen LogP contribution in [-0.4, -0.2) is 32.9 Å². The molecule has 116 valence electrons. The average molecular weight is 303 g/mol. The summed E-state index contributed by atoms with van der Waals surface area (Å²) in [5.74, 6) is -0.401. The fraction of sp³-hybridized carbons (Fsp3) is 0.438. The molecule has 22 heavy (non-hydrogen) atoms. The van der Waals surface area contributed by atoms with Crippen molar-refractivity contribution in [3.05, 3.63) is 40.7 Å². The lowest BCUT2D eigenvalue weighted by molar-refractivity contribution is -0.129. The number of fused-ring (bicyclic) bond motifs is 1. The summed E-state index contributed by atoms with van der Waals surface area (Å²) in [6.45, 7) is 4.95. The molecular weight excluding hydrogens is 285 g/mol. The Morgan fingerprint density at radius 1 is 1.36 bits per heavy atom. The van der Waals surface area contributed by atoms with Crippen LogP contribution in [0.2, 0.25) is 0 Å². The molecule has 1 aromatic heterocycles. The number of aromatic nitrogens is 2. The topological polar surface area (TPSA) is 55.2 Å². The van der Waals surface area contributed by atoms with Gasteiger partial charge in [-0.3, -0.25) is 14.2 Å². The summed E-state index contributed by atoms with van der Waals surface area (Å²) in [5.41, 5.74) is -0.0360. The molecule has 3 rings (SSSR count). The fourth-order valence-corrected chi connectivity index (χ4v) is 3.00. The van der Waals surface area contributed by atoms with E-state index in [1.165, 1.54) is 23.0 Å². The molecule has 2 heterocycles. The Morgan fingerprint density at radius 2 is 2.14 bits per heavy atom. The highest BCUT2D eigenvalue weighted by molar-refractivity contribution is 5.79. The van der Waals surface area contributed by atoms with E-state index in [0.29, 0.717) is 25.0 Å². The minimum Gasteiger partial charge on any atom is -0.340 e. The van der Waals surface area contributed by atoms with Gasteiger partial charge in [-0.25, -0.2) is 9.37 Å². The van der Waals surface area contributed by atoms with Crippen LogP contribution in [0.25, 0.3) is 10.9 Å². The van der Waals surface area contributed by atoms with Crippen molar-refractivity contribution in [3.63, 3.8) is 0 Å². The van der Waals surface area contributed by atoms with Gasteiger partial charge < -0.3 is 4.90 Å². The highest BCUT2D eigenvalue weighted by atomic mass is 19.1. The summed E-state index contributed by atoms with van der Waals surface area (Å²) in [5, 5.41) is 0.00930. The predicted molar refractivity (Wildman–Crippen MR) is 80.9 cm³/mol. The van der Waals surface area contributed by atoms with Gasteiger partial charge >= 0.3 is 0 Å². The largest absolute Gasteiger partial charge is 0.340 e. The summed E-state index contributed by atoms with van der Waals surface area (Å²) in [6.07, 6.45) is 1.85. The summed E-state index contributed by atoms with van der Waals surface area (Å²) in [6, 6.07) is 4.56. The average Bonchev–Trinajstić information content (AvgIpc) is 2.83. The second kappa shape index (κ2) is 5.51. The Bertz CT molecular complexity index is 785. The first kappa shape index (κ1) is 14.7. The van der Waals surface area contributed by atoms with Crippen molar-refractivity contribution in [2.24, 2.45) is 5.92 Å². The normalized spacial score (nSPS) is 18.6. The van der Waals surface area contributed by atoms with Gasteiger partial charge in [0.25, 0.3) is 5.56 Å². The molecule has 1 aromatic carbocycles. The molecule has 1 atom stereocenters. The number of hydrogen-bond acceptors (Lipinski definition) is 3. The standard InChI is InChI=1S/C16H18FN3O2/c1-10(2)20-8-11(6-14(20)21)7-19-9-18-13-5-3-4-12(17)15(13)16(19)22/h3-5,9-11H,6-8H2,1-2H3. The number of carbonyl (C=O) groups is 1. The minimum atomic E-state index is -0.560. The van der Waals surface area contributed by atoms with E-state index in [1.54, 1.807) is 6.07 Å². The Labute approximate surface area is 127 Å². The maximum absolute atomic E-state index is 13.9. The van der Waals surface area contributed by atoms with E-state index in [4.69, 9.17) is 0 Å². The molecule has 0 aliphatic carbocycles. The Kier molecular flexibility index (Phi) is 3.68. The lowest BCUT2D eigenvalue weighted by atomic mass is 10.1. The number of nitrogens with zero attached hydrogens (tertiary/aromatic N) is 3. The van der Waals surface area contributed by atoms with E-state index in [0.717, 1.165) is 0 Å². The van der Waals surface area contributed by atoms with Crippen molar-refractivity contribution in [2.75, 3.05) is 6.54 Å². The molecule has 6 heteroatoms. The van der Waals surface area contributed by atoms with Gasteiger partial charge in [0.05, 0.1) is 11.8 Å². The molecule has 1 saturated heterocycles. The van der Waals surface area contributed by atoms with Crippen LogP contribution in [0.4, 0.5) is 4.39 Å². The number of likely N-dealkylation sites (tertiary alicyclic amines) is 1. The van der Waals surface area contributed by atoms with E-state index in [9.17, 15) is 14.0 Å². The van der Waals surface area contributed by atoms with E-state index in [-0.39, 0.29) is 23.3 Å². The van der Waals surface area contributed by atoms with E-state index in [1.807, 2.05) is 18.7 Å². The molecule has 1 aliphatic heterocycles. The third-order valence-corrected chi connectivity index (χ3v) is 4.12. The summed E-state index contributed by atoms with van der Waals surface area (Å²) >= 11 is 0. The molecule has 0 N–H and O–H groups in total. The van der Waals surface area contributed by atoms with Gasteiger partial charge in [-0.1, -0.05) is 6.07 Å². The van der Waals surface area contributed by atoms with E-state index >= 15 is 0 Å². The number of carbonyl (C=O) groups excluding carboxylic acids is 1. The maximum atomic E-state index is 13.9. The summed E-state index contributed by atoms with van der Waals surface area (Å²) in [7, 11) is 0. The van der Waals surface area contributed by atoms with Crippen molar-refractivity contribution in [1.82, 2.24) is 14.5 Å². The van der Waals surface area contributed by atoms with Crippen molar-refractivity contribution >= 4 is 16.8 Å². The van der Waals surface area contributed by atoms with Crippen LogP contribution in [0.15, 0.2) is 29.3 Å². The van der Waals surface area contributed by atoms with Crippen LogP contribution < -0.4 is 5.56 Å². The third kappa shape index (κ3) is 2.49. The minimum absolute atomic E-state index is 0.00930. The summed E-state index contributed by atoms with van der Waals surface area (Å²) in [4.78, 5) is 30.3. The highest BCUT2D eigenvalue weighted by Crippen LogP contribution is 2.21. The van der Waals surface area contributed by atoms with Crippen LogP contribution >= 0.6 is 0 Å². The van der Waals surface area contributed by atoms with Gasteiger partial charge in [0.2, 0.25) is 5.91 Å². The Morgan fingerprint density at radius 3 is 2.82 bits per heavy atom. The second-order valence-electron chi connectivity index (χ2n) is 6.05. The molecule has 2 aromatic rings. The number of amides is 1. The van der Waals surface area contributed by atoms with Crippen LogP contribution in [0.3, 0.4) is 0 Å². The molecular formula is C16H18FN3O2. The first-order chi connectivity index (χ1) is 10.5. The highest BCUT2D eigenvalue weighted by Gasteiger charge is 2.31. The van der Waals surface area contributed by atoms with Gasteiger partial charge in [0.1, 0.15) is 11.2 Å². The first-order valence-corrected chi connectivity index (χ1v) is 7.40. The molecule has 0 bridgehead atoms. The monoisotopic (exact) mass is 303 g/mol. The molecule has 1 amide bonds. The maximum Gasteiger partial charge on any atom is 0.264 e. The zero-order valence-corrected chi connectivity index (χ0v) is 12.6. The smallest absolute Gasteiger partial charge is 0.264 e. The van der Waals surface area contributed by atoms with Crippen molar-refractivity contribution in [1.29, 1.82) is 0 Å². The molecule has 0 spiro atoms. The number of benzene rings is 1. The van der Waals surface area contributed by atoms with Crippen LogP contribution in [0.5, 0.6) is 0 Å². The lowest BCUT2D eigenvalue weighted by Gasteiger charge is -2.21. The fourth-order valence-electron chi connectivity index (χ4n) is 3.00. The number of rotatable bonds is 3. The number of hydrogen-bond donors (Lipinski definition) is 0. The van der Waals surface area contributed by atoms with Crippen LogP contribution in [-0.2, 0) is 11.3 Å². The van der Waals surface area contributed by atoms with Gasteiger partial charge in [-0.2, -0.15) is 0 Å². The van der Waals surface area contributed by atoms with Crippen LogP contribution in [0, 0.1) is 11.7 Å². The molecule has 0 radical (unpaired) electrons. The third-order valence-electron chi connectivity index (χ3n) is 4.12. The van der Waals surface area contributed by atoms with E-state index < -0.39 is 11.4 Å².